The first-order chi connectivity index (χ1) is 9.20. The molecule has 0 spiro atoms. The Morgan fingerprint density at radius 3 is 2.79 bits per heavy atom. The van der Waals surface area contributed by atoms with Crippen molar-refractivity contribution >= 4 is 17.5 Å². The van der Waals surface area contributed by atoms with E-state index in [4.69, 9.17) is 11.6 Å². The largest absolute Gasteiger partial charge is 0.335 e. The molecule has 1 fully saturated rings. The monoisotopic (exact) mass is 279 g/mol. The summed E-state index contributed by atoms with van der Waals surface area (Å²) in [6.07, 6.45) is 4.78. The number of carbonyl (C=O) groups is 1. The number of alkyl halides is 1. The highest BCUT2D eigenvalue weighted by molar-refractivity contribution is 6.17. The Bertz CT molecular complexity index is 429. The number of nitrogens with zero attached hydrogens (tertiary/aromatic N) is 1. The lowest BCUT2D eigenvalue weighted by molar-refractivity contribution is -0.132. The number of halogens is 1. The van der Waals surface area contributed by atoms with Crippen LogP contribution < -0.4 is 0 Å². The Morgan fingerprint density at radius 2 is 2.16 bits per heavy atom. The molecule has 0 heterocycles. The Kier molecular flexibility index (Phi) is 5.26. The molecule has 0 saturated heterocycles. The minimum Gasteiger partial charge on any atom is -0.335 e. The smallest absolute Gasteiger partial charge is 0.223 e. The van der Waals surface area contributed by atoms with Crippen LogP contribution in [0.15, 0.2) is 24.3 Å². The molecule has 1 aliphatic rings. The molecule has 1 aliphatic carbocycles. The van der Waals surface area contributed by atoms with Gasteiger partial charge < -0.3 is 4.90 Å². The second-order valence-corrected chi connectivity index (χ2v) is 5.77. The highest BCUT2D eigenvalue weighted by atomic mass is 35.5. The molecule has 0 aromatic heterocycles. The topological polar surface area (TPSA) is 20.3 Å². The molecule has 1 aromatic rings. The van der Waals surface area contributed by atoms with Gasteiger partial charge in [0.2, 0.25) is 5.91 Å². The van der Waals surface area contributed by atoms with Gasteiger partial charge in [0.1, 0.15) is 0 Å². The predicted octanol–water partition coefficient (Wildman–Crippen LogP) is 3.90. The number of aryl methyl sites for hydroxylation is 1. The number of hydrogen-bond donors (Lipinski definition) is 0. The second-order valence-electron chi connectivity index (χ2n) is 5.39. The maximum atomic E-state index is 12.3. The quantitative estimate of drug-likeness (QED) is 0.548. The zero-order valence-electron chi connectivity index (χ0n) is 11.6. The van der Waals surface area contributed by atoms with E-state index >= 15 is 0 Å². The Labute approximate surface area is 120 Å². The Hall–Kier alpha value is -1.02. The predicted molar refractivity (Wildman–Crippen MR) is 79.3 cm³/mol. The van der Waals surface area contributed by atoms with Gasteiger partial charge in [0, 0.05) is 24.9 Å². The number of amides is 1. The molecule has 3 heteroatoms. The summed E-state index contributed by atoms with van der Waals surface area (Å²) in [5.41, 5.74) is 2.49. The van der Waals surface area contributed by atoms with E-state index in [-0.39, 0.29) is 5.91 Å². The first-order valence-corrected chi connectivity index (χ1v) is 7.65. The van der Waals surface area contributed by atoms with Crippen molar-refractivity contribution in [3.63, 3.8) is 0 Å². The average Bonchev–Trinajstić information content (AvgIpc) is 3.20. The van der Waals surface area contributed by atoms with Gasteiger partial charge in [-0.25, -0.2) is 0 Å². The van der Waals surface area contributed by atoms with E-state index in [0.29, 0.717) is 18.3 Å². The van der Waals surface area contributed by atoms with Crippen molar-refractivity contribution in [3.8, 4) is 0 Å². The van der Waals surface area contributed by atoms with Crippen molar-refractivity contribution in [1.82, 2.24) is 4.90 Å². The molecule has 2 nitrogen and oxygen atoms in total. The Balaban J connectivity index is 1.94. The molecular formula is C16H22ClNO. The molecule has 1 saturated carbocycles. The molecule has 1 aromatic carbocycles. The third-order valence-electron chi connectivity index (χ3n) is 3.52. The minimum absolute atomic E-state index is 0.286. The summed E-state index contributed by atoms with van der Waals surface area (Å²) < 4.78 is 0. The van der Waals surface area contributed by atoms with Crippen LogP contribution in [0, 0.1) is 6.92 Å². The normalized spacial score (nSPS) is 14.4. The van der Waals surface area contributed by atoms with E-state index in [0.717, 1.165) is 32.2 Å². The van der Waals surface area contributed by atoms with Crippen molar-refractivity contribution in [2.24, 2.45) is 0 Å². The van der Waals surface area contributed by atoms with Crippen LogP contribution in [0.4, 0.5) is 0 Å². The SMILES string of the molecule is Cc1cccc(CN(C(=O)CCCCCl)C2CC2)c1. The summed E-state index contributed by atoms with van der Waals surface area (Å²) in [6, 6.07) is 8.90. The van der Waals surface area contributed by atoms with E-state index in [2.05, 4.69) is 36.1 Å². The summed E-state index contributed by atoms with van der Waals surface area (Å²) in [7, 11) is 0. The number of carbonyl (C=O) groups excluding carboxylic acids is 1. The van der Waals surface area contributed by atoms with Crippen LogP contribution in [0.2, 0.25) is 0 Å². The van der Waals surface area contributed by atoms with Gasteiger partial charge in [-0.05, 0) is 38.2 Å². The van der Waals surface area contributed by atoms with Gasteiger partial charge in [-0.1, -0.05) is 29.8 Å². The minimum atomic E-state index is 0.286. The van der Waals surface area contributed by atoms with Crippen LogP contribution in [0.5, 0.6) is 0 Å². The van der Waals surface area contributed by atoms with Crippen molar-refractivity contribution < 1.29 is 4.79 Å². The van der Waals surface area contributed by atoms with Crippen molar-refractivity contribution in [2.45, 2.75) is 51.6 Å². The fourth-order valence-electron chi connectivity index (χ4n) is 2.33. The molecule has 19 heavy (non-hydrogen) atoms. The average molecular weight is 280 g/mol. The van der Waals surface area contributed by atoms with Gasteiger partial charge in [0.05, 0.1) is 0 Å². The molecule has 0 bridgehead atoms. The lowest BCUT2D eigenvalue weighted by atomic mass is 10.1. The van der Waals surface area contributed by atoms with Gasteiger partial charge in [-0.15, -0.1) is 11.6 Å². The van der Waals surface area contributed by atoms with E-state index in [1.807, 2.05) is 0 Å². The molecule has 2 rings (SSSR count). The van der Waals surface area contributed by atoms with Crippen LogP contribution in [0.25, 0.3) is 0 Å². The summed E-state index contributed by atoms with van der Waals surface area (Å²) in [4.78, 5) is 14.3. The molecule has 0 radical (unpaired) electrons. The molecule has 0 aliphatic heterocycles. The van der Waals surface area contributed by atoms with Crippen LogP contribution in [-0.2, 0) is 11.3 Å². The number of unbranched alkanes of at least 4 members (excludes halogenated alkanes) is 1. The first-order valence-electron chi connectivity index (χ1n) is 7.11. The Morgan fingerprint density at radius 1 is 1.37 bits per heavy atom. The van der Waals surface area contributed by atoms with E-state index in [1.54, 1.807) is 0 Å². The van der Waals surface area contributed by atoms with Gasteiger partial charge in [0.15, 0.2) is 0 Å². The molecule has 0 N–H and O–H groups in total. The third kappa shape index (κ3) is 4.54. The highest BCUT2D eigenvalue weighted by Gasteiger charge is 2.31. The molecule has 1 amide bonds. The van der Waals surface area contributed by atoms with E-state index in [1.165, 1.54) is 11.1 Å². The van der Waals surface area contributed by atoms with Crippen molar-refractivity contribution in [2.75, 3.05) is 5.88 Å². The maximum absolute atomic E-state index is 12.3. The first kappa shape index (κ1) is 14.4. The standard InChI is InChI=1S/C16H22ClNO/c1-13-5-4-6-14(11-13)12-18(15-8-9-15)16(19)7-2-3-10-17/h4-6,11,15H,2-3,7-10,12H2,1H3. The lowest BCUT2D eigenvalue weighted by Crippen LogP contribution is -2.32. The van der Waals surface area contributed by atoms with Crippen LogP contribution in [0.1, 0.15) is 43.2 Å². The van der Waals surface area contributed by atoms with Crippen LogP contribution in [0.3, 0.4) is 0 Å². The number of benzene rings is 1. The maximum Gasteiger partial charge on any atom is 0.223 e. The zero-order valence-corrected chi connectivity index (χ0v) is 12.3. The van der Waals surface area contributed by atoms with Gasteiger partial charge in [-0.2, -0.15) is 0 Å². The van der Waals surface area contributed by atoms with Crippen LogP contribution in [-0.4, -0.2) is 22.7 Å². The molecule has 104 valence electrons. The fraction of sp³-hybridized carbons (Fsp3) is 0.562. The van der Waals surface area contributed by atoms with Gasteiger partial charge >= 0.3 is 0 Å². The summed E-state index contributed by atoms with van der Waals surface area (Å²) >= 11 is 5.66. The number of hydrogen-bond acceptors (Lipinski definition) is 1. The van der Waals surface area contributed by atoms with Crippen LogP contribution >= 0.6 is 11.6 Å². The summed E-state index contributed by atoms with van der Waals surface area (Å²) in [6.45, 7) is 2.85. The molecule has 0 atom stereocenters. The molecule has 0 unspecified atom stereocenters. The van der Waals surface area contributed by atoms with E-state index in [9.17, 15) is 4.79 Å². The summed E-state index contributed by atoms with van der Waals surface area (Å²) in [5.74, 6) is 0.934. The van der Waals surface area contributed by atoms with Crippen molar-refractivity contribution in [1.29, 1.82) is 0 Å². The number of rotatable bonds is 7. The molecular weight excluding hydrogens is 258 g/mol. The second kappa shape index (κ2) is 6.95. The van der Waals surface area contributed by atoms with Gasteiger partial charge in [-0.3, -0.25) is 4.79 Å². The highest BCUT2D eigenvalue weighted by Crippen LogP contribution is 2.29. The third-order valence-corrected chi connectivity index (χ3v) is 3.78. The summed E-state index contributed by atoms with van der Waals surface area (Å²) in [5, 5.41) is 0. The van der Waals surface area contributed by atoms with Gasteiger partial charge in [0.25, 0.3) is 0 Å². The van der Waals surface area contributed by atoms with Crippen molar-refractivity contribution in [3.05, 3.63) is 35.4 Å². The zero-order chi connectivity index (χ0) is 13.7. The fourth-order valence-corrected chi connectivity index (χ4v) is 2.52. The lowest BCUT2D eigenvalue weighted by Gasteiger charge is -2.23. The van der Waals surface area contributed by atoms with E-state index < -0.39 is 0 Å².